The van der Waals surface area contributed by atoms with Crippen LogP contribution < -0.4 is 5.32 Å². The van der Waals surface area contributed by atoms with E-state index in [0.29, 0.717) is 18.7 Å². The van der Waals surface area contributed by atoms with Gasteiger partial charge in [-0.3, -0.25) is 4.79 Å². The largest absolute Gasteiger partial charge is 0.345 e. The standard InChI is InChI=1S/C22H23N3O/c1-16(2)22(26)23-14-20-24-21(19-12-8-5-9-13-19)17(3)25(20)15-18-10-6-4-7-11-18/h4-13H,1,14-15H2,2-3H3,(H,23,26). The van der Waals surface area contributed by atoms with Crippen LogP contribution >= 0.6 is 0 Å². The number of benzene rings is 2. The summed E-state index contributed by atoms with van der Waals surface area (Å²) in [6.07, 6.45) is 0. The Bertz CT molecular complexity index is 911. The molecule has 0 atom stereocenters. The van der Waals surface area contributed by atoms with Crippen molar-refractivity contribution >= 4 is 5.91 Å². The van der Waals surface area contributed by atoms with Crippen molar-refractivity contribution in [2.45, 2.75) is 26.9 Å². The third-order valence-corrected chi connectivity index (χ3v) is 4.33. The third kappa shape index (κ3) is 3.91. The monoisotopic (exact) mass is 345 g/mol. The van der Waals surface area contributed by atoms with Crippen LogP contribution in [0.2, 0.25) is 0 Å². The van der Waals surface area contributed by atoms with Gasteiger partial charge in [-0.2, -0.15) is 0 Å². The highest BCUT2D eigenvalue weighted by Crippen LogP contribution is 2.24. The van der Waals surface area contributed by atoms with E-state index in [1.165, 1.54) is 5.56 Å². The molecule has 0 aliphatic carbocycles. The zero-order valence-corrected chi connectivity index (χ0v) is 15.2. The summed E-state index contributed by atoms with van der Waals surface area (Å²) in [6.45, 7) is 8.54. The van der Waals surface area contributed by atoms with Gasteiger partial charge in [0.2, 0.25) is 5.91 Å². The number of nitrogens with one attached hydrogen (secondary N) is 1. The second-order valence-corrected chi connectivity index (χ2v) is 6.36. The molecule has 0 saturated carbocycles. The minimum absolute atomic E-state index is 0.154. The van der Waals surface area contributed by atoms with Gasteiger partial charge in [-0.05, 0) is 19.4 Å². The number of hydrogen-bond acceptors (Lipinski definition) is 2. The molecular weight excluding hydrogens is 322 g/mol. The van der Waals surface area contributed by atoms with E-state index >= 15 is 0 Å². The van der Waals surface area contributed by atoms with Crippen molar-refractivity contribution in [3.05, 3.63) is 89.9 Å². The van der Waals surface area contributed by atoms with Crippen LogP contribution in [0.25, 0.3) is 11.3 Å². The van der Waals surface area contributed by atoms with Gasteiger partial charge in [-0.25, -0.2) is 4.98 Å². The maximum absolute atomic E-state index is 11.9. The van der Waals surface area contributed by atoms with Gasteiger partial charge in [0.25, 0.3) is 0 Å². The van der Waals surface area contributed by atoms with Crippen LogP contribution in [-0.4, -0.2) is 15.5 Å². The number of carbonyl (C=O) groups is 1. The lowest BCUT2D eigenvalue weighted by Crippen LogP contribution is -2.25. The zero-order valence-electron chi connectivity index (χ0n) is 15.2. The molecule has 1 amide bonds. The molecule has 0 radical (unpaired) electrons. The molecule has 3 rings (SSSR count). The average molecular weight is 345 g/mol. The number of imidazole rings is 1. The van der Waals surface area contributed by atoms with Crippen molar-refractivity contribution in [2.24, 2.45) is 0 Å². The van der Waals surface area contributed by atoms with Crippen LogP contribution in [0.3, 0.4) is 0 Å². The van der Waals surface area contributed by atoms with E-state index in [0.717, 1.165) is 22.8 Å². The molecule has 0 unspecified atom stereocenters. The molecule has 0 aliphatic heterocycles. The van der Waals surface area contributed by atoms with Gasteiger partial charge in [0.15, 0.2) is 0 Å². The molecule has 0 saturated heterocycles. The number of carbonyl (C=O) groups excluding carboxylic acids is 1. The molecule has 26 heavy (non-hydrogen) atoms. The molecule has 1 heterocycles. The number of amides is 1. The summed E-state index contributed by atoms with van der Waals surface area (Å²) in [4.78, 5) is 16.7. The predicted molar refractivity (Wildman–Crippen MR) is 105 cm³/mol. The highest BCUT2D eigenvalue weighted by Gasteiger charge is 2.16. The molecule has 0 bridgehead atoms. The van der Waals surface area contributed by atoms with Crippen molar-refractivity contribution in [3.8, 4) is 11.3 Å². The van der Waals surface area contributed by atoms with Crippen molar-refractivity contribution in [1.82, 2.24) is 14.9 Å². The predicted octanol–water partition coefficient (Wildman–Crippen LogP) is 4.10. The van der Waals surface area contributed by atoms with E-state index in [9.17, 15) is 4.79 Å². The summed E-state index contributed by atoms with van der Waals surface area (Å²) in [5.74, 6) is 0.679. The van der Waals surface area contributed by atoms with E-state index in [1.54, 1.807) is 6.92 Å². The highest BCUT2D eigenvalue weighted by molar-refractivity contribution is 5.91. The summed E-state index contributed by atoms with van der Waals surface area (Å²) < 4.78 is 2.16. The first-order valence-electron chi connectivity index (χ1n) is 8.65. The fourth-order valence-corrected chi connectivity index (χ4v) is 2.88. The van der Waals surface area contributed by atoms with E-state index in [-0.39, 0.29) is 5.91 Å². The smallest absolute Gasteiger partial charge is 0.246 e. The summed E-state index contributed by atoms with van der Waals surface area (Å²) in [5, 5.41) is 2.89. The topological polar surface area (TPSA) is 46.9 Å². The van der Waals surface area contributed by atoms with Crippen molar-refractivity contribution in [2.75, 3.05) is 0 Å². The van der Waals surface area contributed by atoms with E-state index in [4.69, 9.17) is 4.98 Å². The molecular formula is C22H23N3O. The van der Waals surface area contributed by atoms with Crippen molar-refractivity contribution in [3.63, 3.8) is 0 Å². The summed E-state index contributed by atoms with van der Waals surface area (Å²) in [5.41, 5.74) is 4.79. The second-order valence-electron chi connectivity index (χ2n) is 6.36. The Labute approximate surface area is 154 Å². The lowest BCUT2D eigenvalue weighted by molar-refractivity contribution is -0.117. The van der Waals surface area contributed by atoms with Crippen LogP contribution in [-0.2, 0) is 17.9 Å². The molecule has 0 aliphatic rings. The summed E-state index contributed by atoms with van der Waals surface area (Å²) in [6, 6.07) is 20.4. The lowest BCUT2D eigenvalue weighted by Gasteiger charge is -2.11. The van der Waals surface area contributed by atoms with Gasteiger partial charge in [0.1, 0.15) is 5.82 Å². The molecule has 4 nitrogen and oxygen atoms in total. The molecule has 132 valence electrons. The van der Waals surface area contributed by atoms with E-state index < -0.39 is 0 Å². The minimum Gasteiger partial charge on any atom is -0.345 e. The maximum atomic E-state index is 11.9. The molecule has 1 aromatic heterocycles. The normalized spacial score (nSPS) is 10.5. The Morgan fingerprint density at radius 1 is 1.08 bits per heavy atom. The molecule has 0 spiro atoms. The Morgan fingerprint density at radius 2 is 1.69 bits per heavy atom. The first kappa shape index (κ1) is 17.7. The maximum Gasteiger partial charge on any atom is 0.246 e. The molecule has 4 heteroatoms. The molecule has 2 aromatic carbocycles. The number of hydrogen-bond donors (Lipinski definition) is 1. The van der Waals surface area contributed by atoms with Gasteiger partial charge >= 0.3 is 0 Å². The molecule has 3 aromatic rings. The van der Waals surface area contributed by atoms with Crippen LogP contribution in [0.1, 0.15) is 24.0 Å². The van der Waals surface area contributed by atoms with Gasteiger partial charge in [0.05, 0.1) is 12.2 Å². The molecule has 1 N–H and O–H groups in total. The van der Waals surface area contributed by atoms with Crippen LogP contribution in [0.5, 0.6) is 0 Å². The summed E-state index contributed by atoms with van der Waals surface area (Å²) >= 11 is 0. The lowest BCUT2D eigenvalue weighted by atomic mass is 10.1. The van der Waals surface area contributed by atoms with Crippen LogP contribution in [0.4, 0.5) is 0 Å². The molecule has 0 fully saturated rings. The average Bonchev–Trinajstić information content (AvgIpc) is 2.97. The van der Waals surface area contributed by atoms with Crippen LogP contribution in [0, 0.1) is 6.92 Å². The second kappa shape index (κ2) is 7.83. The Morgan fingerprint density at radius 3 is 2.31 bits per heavy atom. The first-order valence-corrected chi connectivity index (χ1v) is 8.65. The number of rotatable bonds is 6. The number of nitrogens with zero attached hydrogens (tertiary/aromatic N) is 2. The zero-order chi connectivity index (χ0) is 18.5. The Balaban J connectivity index is 1.97. The fourth-order valence-electron chi connectivity index (χ4n) is 2.88. The quantitative estimate of drug-likeness (QED) is 0.684. The van der Waals surface area contributed by atoms with Gasteiger partial charge < -0.3 is 9.88 Å². The van der Waals surface area contributed by atoms with E-state index in [1.807, 2.05) is 36.4 Å². The third-order valence-electron chi connectivity index (χ3n) is 4.33. The highest BCUT2D eigenvalue weighted by atomic mass is 16.1. The number of aromatic nitrogens is 2. The van der Waals surface area contributed by atoms with Crippen LogP contribution in [0.15, 0.2) is 72.8 Å². The van der Waals surface area contributed by atoms with E-state index in [2.05, 4.69) is 47.7 Å². The van der Waals surface area contributed by atoms with Crippen molar-refractivity contribution in [1.29, 1.82) is 0 Å². The van der Waals surface area contributed by atoms with Gasteiger partial charge in [-0.1, -0.05) is 67.2 Å². The Hall–Kier alpha value is -3.14. The Kier molecular flexibility index (Phi) is 5.32. The van der Waals surface area contributed by atoms with Gasteiger partial charge in [-0.15, -0.1) is 0 Å². The fraction of sp³-hybridized carbons (Fsp3) is 0.182. The SMILES string of the molecule is C=C(C)C(=O)NCc1nc(-c2ccccc2)c(C)n1Cc1ccccc1. The first-order chi connectivity index (χ1) is 12.6. The summed E-state index contributed by atoms with van der Waals surface area (Å²) in [7, 11) is 0. The minimum atomic E-state index is -0.154. The van der Waals surface area contributed by atoms with Crippen molar-refractivity contribution < 1.29 is 4.79 Å². The van der Waals surface area contributed by atoms with Gasteiger partial charge in [0, 0.05) is 23.4 Å².